The van der Waals surface area contributed by atoms with Gasteiger partial charge in [-0.2, -0.15) is 5.26 Å². The first-order chi connectivity index (χ1) is 19.7. The van der Waals surface area contributed by atoms with Crippen molar-refractivity contribution >= 4 is 39.0 Å². The van der Waals surface area contributed by atoms with E-state index < -0.39 is 32.9 Å². The van der Waals surface area contributed by atoms with Crippen LogP contribution in [0.4, 0.5) is 20.7 Å². The summed E-state index contributed by atoms with van der Waals surface area (Å²) in [6.45, 7) is 6.32. The molecule has 1 amide bonds. The van der Waals surface area contributed by atoms with Crippen LogP contribution in [0.3, 0.4) is 0 Å². The molecule has 0 saturated carbocycles. The number of halogens is 2. The second-order valence-electron chi connectivity index (χ2n) is 12.3. The summed E-state index contributed by atoms with van der Waals surface area (Å²) in [6, 6.07) is 3.72. The molecular formula is C29H35ClFN5O5S. The minimum absolute atomic E-state index is 0.0348. The van der Waals surface area contributed by atoms with Crippen LogP contribution in [0.15, 0.2) is 11.2 Å². The van der Waals surface area contributed by atoms with Gasteiger partial charge in [0.1, 0.15) is 17.0 Å². The van der Waals surface area contributed by atoms with Gasteiger partial charge in [-0.05, 0) is 70.9 Å². The van der Waals surface area contributed by atoms with Gasteiger partial charge in [0.05, 0.1) is 24.1 Å². The fourth-order valence-corrected chi connectivity index (χ4v) is 6.90. The Balaban J connectivity index is 1.58. The molecule has 2 atom stereocenters. The number of fused-ring (bicyclic) bond motifs is 3. The Kier molecular flexibility index (Phi) is 8.15. The van der Waals surface area contributed by atoms with Crippen LogP contribution in [0.2, 0.25) is 5.02 Å². The predicted octanol–water partition coefficient (Wildman–Crippen LogP) is 5.45. The van der Waals surface area contributed by atoms with Gasteiger partial charge in [-0.25, -0.2) is 27.6 Å². The summed E-state index contributed by atoms with van der Waals surface area (Å²) in [5, 5.41) is 11.9. The molecule has 2 aromatic rings. The maximum Gasteiger partial charge on any atom is 0.412 e. The maximum absolute atomic E-state index is 16.3. The Morgan fingerprint density at radius 3 is 2.71 bits per heavy atom. The minimum Gasteiger partial charge on any atom is -0.444 e. The molecule has 42 heavy (non-hydrogen) atoms. The van der Waals surface area contributed by atoms with E-state index in [0.717, 1.165) is 19.1 Å². The van der Waals surface area contributed by atoms with Gasteiger partial charge in [0, 0.05) is 47.8 Å². The zero-order chi connectivity index (χ0) is 30.4. The number of aromatic nitrogens is 2. The van der Waals surface area contributed by atoms with Crippen LogP contribution >= 0.6 is 11.6 Å². The van der Waals surface area contributed by atoms with Gasteiger partial charge < -0.3 is 14.4 Å². The second kappa shape index (κ2) is 11.2. The molecule has 3 aliphatic rings. The number of anilines is 2. The third-order valence-corrected chi connectivity index (χ3v) is 9.14. The molecule has 1 aromatic heterocycles. The zero-order valence-corrected chi connectivity index (χ0v) is 25.8. The standard InChI is InChI=1S/C29H35ClFN5O5S/c1-28(2,3)41-27(37)34-21-13-20(30)18-8-5-10-29(23(18)24(21)31)14-22-19(16-40-29)25(35-26(33-22)42(4,38)39)36-11-6-7-17(15-32)9-12-36/h13,17H,5-12,14,16H2,1-4H3,(H,34,37)/t17-,29?/m1/s1. The largest absolute Gasteiger partial charge is 0.444 e. The molecule has 10 nitrogen and oxygen atoms in total. The normalized spacial score (nSPS) is 22.5. The van der Waals surface area contributed by atoms with Crippen molar-refractivity contribution in [1.82, 2.24) is 9.97 Å². The monoisotopic (exact) mass is 619 g/mol. The average molecular weight is 620 g/mol. The lowest BCUT2D eigenvalue weighted by atomic mass is 9.74. The Morgan fingerprint density at radius 2 is 2.02 bits per heavy atom. The van der Waals surface area contributed by atoms with Gasteiger partial charge >= 0.3 is 6.09 Å². The molecule has 1 N–H and O–H groups in total. The van der Waals surface area contributed by atoms with Crippen LogP contribution in [0.25, 0.3) is 0 Å². The number of carbonyl (C=O) groups excluding carboxylic acids is 1. The second-order valence-corrected chi connectivity index (χ2v) is 14.6. The van der Waals surface area contributed by atoms with Crippen LogP contribution in [-0.4, -0.2) is 49.4 Å². The first kappa shape index (κ1) is 30.4. The molecular weight excluding hydrogens is 585 g/mol. The lowest BCUT2D eigenvalue weighted by Crippen LogP contribution is -2.42. The number of carbonyl (C=O) groups is 1. The maximum atomic E-state index is 16.3. The third-order valence-electron chi connectivity index (χ3n) is 7.95. The van der Waals surface area contributed by atoms with Crippen LogP contribution in [-0.2, 0) is 44.4 Å². The molecule has 0 radical (unpaired) electrons. The average Bonchev–Trinajstić information content (AvgIpc) is 3.15. The molecule has 3 heterocycles. The fourth-order valence-electron chi connectivity index (χ4n) is 6.07. The molecule has 1 unspecified atom stereocenters. The van der Waals surface area contributed by atoms with Crippen LogP contribution in [0.1, 0.15) is 75.3 Å². The number of ether oxygens (including phenoxy) is 2. The van der Waals surface area contributed by atoms with Crippen LogP contribution in [0.5, 0.6) is 0 Å². The Labute approximate surface area is 250 Å². The number of nitriles is 1. The number of amides is 1. The summed E-state index contributed by atoms with van der Waals surface area (Å²) >= 11 is 6.64. The van der Waals surface area contributed by atoms with Crippen molar-refractivity contribution in [3.63, 3.8) is 0 Å². The first-order valence-electron chi connectivity index (χ1n) is 14.1. The van der Waals surface area contributed by atoms with Gasteiger partial charge in [-0.1, -0.05) is 11.6 Å². The van der Waals surface area contributed by atoms with Gasteiger partial charge in [-0.3, -0.25) is 5.32 Å². The number of sulfone groups is 1. The Bertz CT molecular complexity index is 1570. The van der Waals surface area contributed by atoms with E-state index in [1.807, 2.05) is 4.90 Å². The van der Waals surface area contributed by atoms with Crippen molar-refractivity contribution in [3.8, 4) is 6.07 Å². The lowest BCUT2D eigenvalue weighted by molar-refractivity contribution is -0.0877. The summed E-state index contributed by atoms with van der Waals surface area (Å²) in [4.78, 5) is 23.5. The topological polar surface area (TPSA) is 135 Å². The summed E-state index contributed by atoms with van der Waals surface area (Å²) in [7, 11) is -3.77. The zero-order valence-electron chi connectivity index (χ0n) is 24.2. The number of benzene rings is 1. The van der Waals surface area contributed by atoms with E-state index in [9.17, 15) is 18.5 Å². The van der Waals surface area contributed by atoms with Crippen LogP contribution < -0.4 is 10.2 Å². The van der Waals surface area contributed by atoms with Crippen LogP contribution in [0, 0.1) is 23.1 Å². The van der Waals surface area contributed by atoms with E-state index in [1.54, 1.807) is 20.8 Å². The number of nitrogens with zero attached hydrogens (tertiary/aromatic N) is 4. The molecule has 2 aliphatic heterocycles. The van der Waals surface area contributed by atoms with Crippen molar-refractivity contribution < 1.29 is 27.1 Å². The van der Waals surface area contributed by atoms with E-state index in [0.29, 0.717) is 66.4 Å². The molecule has 13 heteroatoms. The highest BCUT2D eigenvalue weighted by Crippen LogP contribution is 2.49. The number of rotatable bonds is 3. The van der Waals surface area contributed by atoms with E-state index in [4.69, 9.17) is 21.1 Å². The summed E-state index contributed by atoms with van der Waals surface area (Å²) in [6.07, 6.45) is 4.14. The molecule has 226 valence electrons. The van der Waals surface area contributed by atoms with Crippen molar-refractivity contribution in [3.05, 3.63) is 39.3 Å². The van der Waals surface area contributed by atoms with Gasteiger partial charge in [0.25, 0.3) is 0 Å². The molecule has 1 spiro atoms. The summed E-state index contributed by atoms with van der Waals surface area (Å²) < 4.78 is 53.5. The van der Waals surface area contributed by atoms with Gasteiger partial charge in [0.2, 0.25) is 15.0 Å². The highest BCUT2D eigenvalue weighted by atomic mass is 35.5. The summed E-state index contributed by atoms with van der Waals surface area (Å²) in [5.74, 6) is -0.267. The first-order valence-corrected chi connectivity index (χ1v) is 16.4. The van der Waals surface area contributed by atoms with E-state index in [1.165, 1.54) is 6.07 Å². The Morgan fingerprint density at radius 1 is 1.26 bits per heavy atom. The van der Waals surface area contributed by atoms with Crippen molar-refractivity contribution in [2.45, 2.75) is 88.7 Å². The molecule has 1 fully saturated rings. The van der Waals surface area contributed by atoms with Gasteiger partial charge in [-0.15, -0.1) is 0 Å². The molecule has 1 aliphatic carbocycles. The molecule has 1 saturated heterocycles. The quantitative estimate of drug-likeness (QED) is 0.445. The van der Waals surface area contributed by atoms with E-state index in [2.05, 4.69) is 21.4 Å². The minimum atomic E-state index is -3.77. The molecule has 5 rings (SSSR count). The van der Waals surface area contributed by atoms with Crippen molar-refractivity contribution in [2.24, 2.45) is 5.92 Å². The number of nitrogens with one attached hydrogen (secondary N) is 1. The van der Waals surface area contributed by atoms with E-state index in [-0.39, 0.29) is 35.4 Å². The van der Waals surface area contributed by atoms with Crippen molar-refractivity contribution in [1.29, 1.82) is 5.26 Å². The van der Waals surface area contributed by atoms with E-state index >= 15 is 4.39 Å². The molecule has 1 aromatic carbocycles. The highest BCUT2D eigenvalue weighted by Gasteiger charge is 2.46. The number of hydrogen-bond acceptors (Lipinski definition) is 9. The SMILES string of the molecule is CC(C)(C)OC(=O)Nc1cc(Cl)c2c(c1F)C1(CCC2)Cc2nc(S(C)(=O)=O)nc(N3CCC[C@@H](C#N)CC3)c2CO1. The predicted molar refractivity (Wildman–Crippen MR) is 155 cm³/mol. The van der Waals surface area contributed by atoms with Crippen molar-refractivity contribution in [2.75, 3.05) is 29.6 Å². The molecule has 0 bridgehead atoms. The Hall–Kier alpha value is -3.01. The highest BCUT2D eigenvalue weighted by molar-refractivity contribution is 7.90. The fraction of sp³-hybridized carbons (Fsp3) is 0.586. The van der Waals surface area contributed by atoms with Gasteiger partial charge in [0.15, 0.2) is 5.82 Å². The smallest absolute Gasteiger partial charge is 0.412 e. The number of hydrogen-bond donors (Lipinski definition) is 1. The summed E-state index contributed by atoms with van der Waals surface area (Å²) in [5.41, 5.74) is -0.123. The third kappa shape index (κ3) is 6.05. The lowest BCUT2D eigenvalue weighted by Gasteiger charge is -2.43.